The molecule has 0 saturated heterocycles. The molecular weight excluding hydrogens is 309 g/mol. The van der Waals surface area contributed by atoms with Crippen LogP contribution in [0.5, 0.6) is 0 Å². The van der Waals surface area contributed by atoms with Crippen molar-refractivity contribution in [1.29, 1.82) is 0 Å². The van der Waals surface area contributed by atoms with Crippen molar-refractivity contribution in [2.24, 2.45) is 0 Å². The molecule has 1 aliphatic rings. The van der Waals surface area contributed by atoms with E-state index >= 15 is 0 Å². The molecule has 120 valence electrons. The quantitative estimate of drug-likeness (QED) is 0.840. The number of hydrogen-bond donors (Lipinski definition) is 2. The molecule has 0 aromatic heterocycles. The average molecular weight is 328 g/mol. The molecule has 2 amide bonds. The lowest BCUT2D eigenvalue weighted by molar-refractivity contribution is -0.135. The second-order valence-electron chi connectivity index (χ2n) is 5.53. The lowest BCUT2D eigenvalue weighted by atomic mass is 10.2. The van der Waals surface area contributed by atoms with E-state index in [9.17, 15) is 14.0 Å². The highest BCUT2D eigenvalue weighted by atomic mass is 35.5. The Kier molecular flexibility index (Phi) is 5.24. The van der Waals surface area contributed by atoms with Crippen LogP contribution in [0.1, 0.15) is 19.8 Å². The topological polar surface area (TPSA) is 61.4 Å². The Bertz CT molecular complexity index is 578. The molecule has 0 radical (unpaired) electrons. The maximum atomic E-state index is 13.4. The second-order valence-corrected chi connectivity index (χ2v) is 5.94. The number of hydrogen-bond acceptors (Lipinski definition) is 3. The monoisotopic (exact) mass is 327 g/mol. The number of likely N-dealkylation sites (N-methyl/N-ethyl adjacent to an activating group) is 1. The molecule has 1 saturated carbocycles. The lowest BCUT2D eigenvalue weighted by Gasteiger charge is -2.22. The third-order valence-corrected chi connectivity index (χ3v) is 3.68. The second kappa shape index (κ2) is 6.96. The molecule has 22 heavy (non-hydrogen) atoms. The van der Waals surface area contributed by atoms with E-state index < -0.39 is 11.9 Å². The van der Waals surface area contributed by atoms with Gasteiger partial charge >= 0.3 is 0 Å². The Labute approximate surface area is 133 Å². The van der Waals surface area contributed by atoms with Gasteiger partial charge in [0.05, 0.1) is 11.6 Å². The predicted octanol–water partition coefficient (Wildman–Crippen LogP) is 2.02. The van der Waals surface area contributed by atoms with Crippen LogP contribution in [-0.2, 0) is 9.59 Å². The van der Waals surface area contributed by atoms with E-state index in [-0.39, 0.29) is 29.4 Å². The molecule has 2 N–H and O–H groups in total. The zero-order valence-corrected chi connectivity index (χ0v) is 13.3. The van der Waals surface area contributed by atoms with E-state index in [1.165, 1.54) is 17.0 Å². The number of amides is 2. The van der Waals surface area contributed by atoms with Crippen molar-refractivity contribution >= 4 is 29.1 Å². The van der Waals surface area contributed by atoms with Gasteiger partial charge in [0.2, 0.25) is 11.8 Å². The number of halogens is 2. The van der Waals surface area contributed by atoms with E-state index in [1.807, 2.05) is 0 Å². The summed E-state index contributed by atoms with van der Waals surface area (Å²) in [4.78, 5) is 25.2. The SMILES string of the molecule is C[C@@H](Nc1ccc(Cl)c(F)c1)C(=O)N(C)CC(=O)NC1CC1. The van der Waals surface area contributed by atoms with Gasteiger partial charge in [-0.05, 0) is 38.0 Å². The molecule has 1 aromatic carbocycles. The summed E-state index contributed by atoms with van der Waals surface area (Å²) < 4.78 is 13.4. The first-order valence-electron chi connectivity index (χ1n) is 7.12. The number of rotatable bonds is 6. The first kappa shape index (κ1) is 16.5. The third kappa shape index (κ3) is 4.59. The van der Waals surface area contributed by atoms with Crippen LogP contribution in [0.3, 0.4) is 0 Å². The smallest absolute Gasteiger partial charge is 0.244 e. The number of carbonyl (C=O) groups excluding carboxylic acids is 2. The first-order valence-corrected chi connectivity index (χ1v) is 7.50. The predicted molar refractivity (Wildman–Crippen MR) is 83.3 cm³/mol. The van der Waals surface area contributed by atoms with Gasteiger partial charge in [0.25, 0.3) is 0 Å². The van der Waals surface area contributed by atoms with Gasteiger partial charge in [-0.15, -0.1) is 0 Å². The standard InChI is InChI=1S/C15H19ClFN3O2/c1-9(18-11-5-6-12(16)13(17)7-11)15(22)20(2)8-14(21)19-10-3-4-10/h5-7,9-10,18H,3-4,8H2,1-2H3,(H,19,21)/t9-/m1/s1. The number of anilines is 1. The van der Waals surface area contributed by atoms with Crippen LogP contribution >= 0.6 is 11.6 Å². The van der Waals surface area contributed by atoms with Crippen molar-refractivity contribution in [1.82, 2.24) is 10.2 Å². The summed E-state index contributed by atoms with van der Waals surface area (Å²) in [6.45, 7) is 1.67. The van der Waals surface area contributed by atoms with Crippen LogP contribution in [0.2, 0.25) is 5.02 Å². The highest BCUT2D eigenvalue weighted by Gasteiger charge is 2.25. The molecule has 5 nitrogen and oxygen atoms in total. The van der Waals surface area contributed by atoms with Crippen molar-refractivity contribution < 1.29 is 14.0 Å². The molecule has 0 heterocycles. The maximum absolute atomic E-state index is 13.4. The van der Waals surface area contributed by atoms with Crippen molar-refractivity contribution in [2.75, 3.05) is 18.9 Å². The van der Waals surface area contributed by atoms with Crippen molar-refractivity contribution in [3.05, 3.63) is 29.0 Å². The fourth-order valence-electron chi connectivity index (χ4n) is 2.02. The van der Waals surface area contributed by atoms with Gasteiger partial charge in [0, 0.05) is 18.8 Å². The van der Waals surface area contributed by atoms with Crippen LogP contribution in [0.25, 0.3) is 0 Å². The van der Waals surface area contributed by atoms with Crippen LogP contribution in [0, 0.1) is 5.82 Å². The summed E-state index contributed by atoms with van der Waals surface area (Å²) in [5.41, 5.74) is 0.457. The molecule has 0 unspecified atom stereocenters. The van der Waals surface area contributed by atoms with Gasteiger partial charge < -0.3 is 15.5 Å². The fourth-order valence-corrected chi connectivity index (χ4v) is 2.14. The summed E-state index contributed by atoms with van der Waals surface area (Å²) in [6, 6.07) is 3.92. The van der Waals surface area contributed by atoms with E-state index in [1.54, 1.807) is 20.0 Å². The summed E-state index contributed by atoms with van der Waals surface area (Å²) >= 11 is 5.61. The Morgan fingerprint density at radius 1 is 1.45 bits per heavy atom. The van der Waals surface area contributed by atoms with Gasteiger partial charge in [-0.25, -0.2) is 4.39 Å². The number of nitrogens with one attached hydrogen (secondary N) is 2. The van der Waals surface area contributed by atoms with Gasteiger partial charge in [0.15, 0.2) is 0 Å². The minimum atomic E-state index is -0.584. The molecule has 1 aliphatic carbocycles. The summed E-state index contributed by atoms with van der Waals surface area (Å²) in [5, 5.41) is 5.75. The molecule has 0 bridgehead atoms. The van der Waals surface area contributed by atoms with E-state index in [4.69, 9.17) is 11.6 Å². The average Bonchev–Trinajstić information content (AvgIpc) is 3.25. The highest BCUT2D eigenvalue weighted by molar-refractivity contribution is 6.30. The minimum absolute atomic E-state index is 0.0103. The molecule has 2 rings (SSSR count). The summed E-state index contributed by atoms with van der Waals surface area (Å²) in [6.07, 6.45) is 2.01. The lowest BCUT2D eigenvalue weighted by Crippen LogP contribution is -2.44. The van der Waals surface area contributed by atoms with Crippen LogP contribution in [-0.4, -0.2) is 42.4 Å². The van der Waals surface area contributed by atoms with E-state index in [0.717, 1.165) is 12.8 Å². The van der Waals surface area contributed by atoms with Gasteiger partial charge in [-0.2, -0.15) is 0 Å². The van der Waals surface area contributed by atoms with E-state index in [2.05, 4.69) is 10.6 Å². The molecule has 1 fully saturated rings. The fraction of sp³-hybridized carbons (Fsp3) is 0.467. The normalized spacial score (nSPS) is 15.1. The number of nitrogens with zero attached hydrogens (tertiary/aromatic N) is 1. The maximum Gasteiger partial charge on any atom is 0.244 e. The van der Waals surface area contributed by atoms with E-state index in [0.29, 0.717) is 5.69 Å². The summed E-state index contributed by atoms with van der Waals surface area (Å²) in [5.74, 6) is -0.965. The molecule has 7 heteroatoms. The zero-order chi connectivity index (χ0) is 16.3. The van der Waals surface area contributed by atoms with Gasteiger partial charge in [-0.1, -0.05) is 11.6 Å². The highest BCUT2D eigenvalue weighted by Crippen LogP contribution is 2.20. The van der Waals surface area contributed by atoms with Gasteiger partial charge in [-0.3, -0.25) is 9.59 Å². The largest absolute Gasteiger partial charge is 0.374 e. The molecule has 0 aliphatic heterocycles. The van der Waals surface area contributed by atoms with Crippen molar-refractivity contribution in [3.63, 3.8) is 0 Å². The Hall–Kier alpha value is -1.82. The van der Waals surface area contributed by atoms with Gasteiger partial charge in [0.1, 0.15) is 11.9 Å². The van der Waals surface area contributed by atoms with Crippen LogP contribution in [0.15, 0.2) is 18.2 Å². The molecular formula is C15H19ClFN3O2. The Balaban J connectivity index is 1.86. The Morgan fingerprint density at radius 3 is 2.73 bits per heavy atom. The van der Waals surface area contributed by atoms with Crippen molar-refractivity contribution in [2.45, 2.75) is 31.8 Å². The Morgan fingerprint density at radius 2 is 2.14 bits per heavy atom. The van der Waals surface area contributed by atoms with Crippen molar-refractivity contribution in [3.8, 4) is 0 Å². The minimum Gasteiger partial charge on any atom is -0.374 e. The van der Waals surface area contributed by atoms with Crippen LogP contribution < -0.4 is 10.6 Å². The number of benzene rings is 1. The first-order chi connectivity index (χ1) is 10.4. The van der Waals surface area contributed by atoms with Crippen LogP contribution in [0.4, 0.5) is 10.1 Å². The molecule has 0 spiro atoms. The third-order valence-electron chi connectivity index (χ3n) is 3.37. The molecule has 1 aromatic rings. The summed E-state index contributed by atoms with van der Waals surface area (Å²) in [7, 11) is 1.56. The zero-order valence-electron chi connectivity index (χ0n) is 12.5. The molecule has 1 atom stereocenters. The number of carbonyl (C=O) groups is 2.